The van der Waals surface area contributed by atoms with E-state index in [1.165, 1.54) is 19.3 Å². The van der Waals surface area contributed by atoms with Crippen LogP contribution in [0.5, 0.6) is 0 Å². The first-order valence-corrected chi connectivity index (χ1v) is 9.74. The Morgan fingerprint density at radius 2 is 1.64 bits per heavy atom. The Morgan fingerprint density at radius 3 is 2.36 bits per heavy atom. The highest BCUT2D eigenvalue weighted by Crippen LogP contribution is 2.22. The normalized spacial score (nSPS) is 14.0. The smallest absolute Gasteiger partial charge is 0.255 e. The van der Waals surface area contributed by atoms with Gasteiger partial charge >= 0.3 is 0 Å². The van der Waals surface area contributed by atoms with Crippen molar-refractivity contribution in [2.24, 2.45) is 0 Å². The van der Waals surface area contributed by atoms with Crippen molar-refractivity contribution in [2.45, 2.75) is 26.2 Å². The molecule has 142 valence electrons. The second kappa shape index (κ2) is 8.21. The zero-order valence-corrected chi connectivity index (χ0v) is 16.1. The van der Waals surface area contributed by atoms with E-state index in [-0.39, 0.29) is 5.91 Å². The quantitative estimate of drug-likeness (QED) is 0.721. The van der Waals surface area contributed by atoms with Crippen molar-refractivity contribution in [3.05, 3.63) is 72.1 Å². The Bertz CT molecular complexity index is 945. The molecule has 0 unspecified atom stereocenters. The minimum Gasteiger partial charge on any atom is -0.341 e. The van der Waals surface area contributed by atoms with Gasteiger partial charge in [0.2, 0.25) is 5.95 Å². The largest absolute Gasteiger partial charge is 0.341 e. The number of nitrogens with one attached hydrogen (secondary N) is 1. The average Bonchev–Trinajstić information content (AvgIpc) is 2.76. The third-order valence-electron chi connectivity index (χ3n) is 5.04. The molecule has 1 aliphatic heterocycles. The first-order valence-electron chi connectivity index (χ1n) is 9.74. The second-order valence-corrected chi connectivity index (χ2v) is 7.22. The lowest BCUT2D eigenvalue weighted by Crippen LogP contribution is -2.30. The van der Waals surface area contributed by atoms with Gasteiger partial charge in [0.05, 0.1) is 0 Å². The Hall–Kier alpha value is -3.21. The molecule has 2 aromatic carbocycles. The fraction of sp³-hybridized carbons (Fsp3) is 0.261. The van der Waals surface area contributed by atoms with E-state index in [0.29, 0.717) is 5.56 Å². The number of anilines is 2. The summed E-state index contributed by atoms with van der Waals surface area (Å²) in [7, 11) is 0. The Kier molecular flexibility index (Phi) is 5.33. The molecular formula is C23H24N4O. The molecule has 1 amide bonds. The maximum atomic E-state index is 12.6. The zero-order chi connectivity index (χ0) is 19.3. The van der Waals surface area contributed by atoms with Gasteiger partial charge in [0.1, 0.15) is 0 Å². The van der Waals surface area contributed by atoms with Crippen molar-refractivity contribution < 1.29 is 4.79 Å². The lowest BCUT2D eigenvalue weighted by Gasteiger charge is -2.26. The number of carbonyl (C=O) groups excluding carboxylic acids is 1. The molecule has 1 aliphatic rings. The van der Waals surface area contributed by atoms with Crippen LogP contribution in [0.25, 0.3) is 11.1 Å². The molecule has 1 N–H and O–H groups in total. The van der Waals surface area contributed by atoms with Gasteiger partial charge in [-0.2, -0.15) is 0 Å². The molecule has 3 aromatic rings. The molecule has 5 heteroatoms. The number of nitrogens with zero attached hydrogens (tertiary/aromatic N) is 3. The summed E-state index contributed by atoms with van der Waals surface area (Å²) >= 11 is 0. The molecule has 1 saturated heterocycles. The van der Waals surface area contributed by atoms with E-state index in [1.54, 1.807) is 0 Å². The summed E-state index contributed by atoms with van der Waals surface area (Å²) in [5.74, 6) is 0.660. The number of rotatable bonds is 4. The van der Waals surface area contributed by atoms with Gasteiger partial charge in [0, 0.05) is 42.3 Å². The maximum absolute atomic E-state index is 12.6. The van der Waals surface area contributed by atoms with Crippen LogP contribution in [0.2, 0.25) is 0 Å². The molecule has 4 rings (SSSR count). The van der Waals surface area contributed by atoms with Crippen LogP contribution in [0.1, 0.15) is 35.2 Å². The van der Waals surface area contributed by atoms with Gasteiger partial charge in [-0.1, -0.05) is 29.8 Å². The summed E-state index contributed by atoms with van der Waals surface area (Å²) in [6, 6.07) is 15.3. The average molecular weight is 372 g/mol. The molecule has 5 nitrogen and oxygen atoms in total. The molecule has 0 spiro atoms. The summed E-state index contributed by atoms with van der Waals surface area (Å²) in [5.41, 5.74) is 4.40. The predicted octanol–water partition coefficient (Wildman–Crippen LogP) is 4.69. The Labute approximate surface area is 165 Å². The number of amides is 1. The maximum Gasteiger partial charge on any atom is 0.255 e. The standard InChI is InChI=1S/C23H24N4O/c1-17-8-10-21(11-9-17)26-22(28)19-7-5-6-18(14-19)20-15-24-23(25-16-20)27-12-3-2-4-13-27/h5-11,14-16H,2-4,12-13H2,1H3,(H,26,28). The SMILES string of the molecule is Cc1ccc(NC(=O)c2cccc(-c3cnc(N4CCCCC4)nc3)c2)cc1. The van der Waals surface area contributed by atoms with Gasteiger partial charge in [0.25, 0.3) is 5.91 Å². The number of aryl methyl sites for hydroxylation is 1. The summed E-state index contributed by atoms with van der Waals surface area (Å²) in [6.07, 6.45) is 7.36. The minimum absolute atomic E-state index is 0.128. The minimum atomic E-state index is -0.128. The number of piperidine rings is 1. The van der Waals surface area contributed by atoms with Crippen molar-refractivity contribution in [1.29, 1.82) is 0 Å². The topological polar surface area (TPSA) is 58.1 Å². The molecule has 0 radical (unpaired) electrons. The Balaban J connectivity index is 1.49. The predicted molar refractivity (Wildman–Crippen MR) is 113 cm³/mol. The van der Waals surface area contributed by atoms with E-state index >= 15 is 0 Å². The summed E-state index contributed by atoms with van der Waals surface area (Å²) in [5, 5.41) is 2.94. The van der Waals surface area contributed by atoms with Gasteiger partial charge in [-0.05, 0) is 56.0 Å². The van der Waals surface area contributed by atoms with Crippen LogP contribution in [0.15, 0.2) is 60.9 Å². The fourth-order valence-corrected chi connectivity index (χ4v) is 3.41. The van der Waals surface area contributed by atoms with E-state index in [9.17, 15) is 4.79 Å². The lowest BCUT2D eigenvalue weighted by atomic mass is 10.1. The molecule has 0 aliphatic carbocycles. The van der Waals surface area contributed by atoms with Gasteiger partial charge in [-0.3, -0.25) is 4.79 Å². The summed E-state index contributed by atoms with van der Waals surface area (Å²) in [4.78, 5) is 23.9. The fourth-order valence-electron chi connectivity index (χ4n) is 3.41. The van der Waals surface area contributed by atoms with Crippen LogP contribution in [0, 0.1) is 6.92 Å². The number of hydrogen-bond acceptors (Lipinski definition) is 4. The number of carbonyl (C=O) groups is 1. The highest BCUT2D eigenvalue weighted by Gasteiger charge is 2.14. The van der Waals surface area contributed by atoms with Crippen LogP contribution in [-0.4, -0.2) is 29.0 Å². The van der Waals surface area contributed by atoms with Crippen LogP contribution in [-0.2, 0) is 0 Å². The van der Waals surface area contributed by atoms with Crippen LogP contribution < -0.4 is 10.2 Å². The van der Waals surface area contributed by atoms with Gasteiger partial charge in [-0.15, -0.1) is 0 Å². The van der Waals surface area contributed by atoms with Crippen molar-refractivity contribution in [2.75, 3.05) is 23.3 Å². The molecule has 28 heavy (non-hydrogen) atoms. The third kappa shape index (κ3) is 4.19. The molecule has 1 aromatic heterocycles. The van der Waals surface area contributed by atoms with E-state index < -0.39 is 0 Å². The number of hydrogen-bond donors (Lipinski definition) is 1. The van der Waals surface area contributed by atoms with Gasteiger partial charge in [-0.25, -0.2) is 9.97 Å². The zero-order valence-electron chi connectivity index (χ0n) is 16.1. The van der Waals surface area contributed by atoms with Gasteiger partial charge in [0.15, 0.2) is 0 Å². The van der Waals surface area contributed by atoms with Gasteiger partial charge < -0.3 is 10.2 Å². The molecule has 2 heterocycles. The number of aromatic nitrogens is 2. The Morgan fingerprint density at radius 1 is 0.929 bits per heavy atom. The molecular weight excluding hydrogens is 348 g/mol. The molecule has 1 fully saturated rings. The first kappa shape index (κ1) is 18.2. The molecule has 0 bridgehead atoms. The van der Waals surface area contributed by atoms with Crippen molar-refractivity contribution >= 4 is 17.5 Å². The lowest BCUT2D eigenvalue weighted by molar-refractivity contribution is 0.102. The van der Waals surface area contributed by atoms with E-state index in [0.717, 1.165) is 41.4 Å². The molecule has 0 atom stereocenters. The van der Waals surface area contributed by atoms with Crippen molar-refractivity contribution in [3.63, 3.8) is 0 Å². The second-order valence-electron chi connectivity index (χ2n) is 7.22. The highest BCUT2D eigenvalue weighted by molar-refractivity contribution is 6.04. The first-order chi connectivity index (χ1) is 13.7. The van der Waals surface area contributed by atoms with Crippen molar-refractivity contribution in [3.8, 4) is 11.1 Å². The van der Waals surface area contributed by atoms with Crippen LogP contribution >= 0.6 is 0 Å². The van der Waals surface area contributed by atoms with Crippen LogP contribution in [0.3, 0.4) is 0 Å². The van der Waals surface area contributed by atoms with E-state index in [4.69, 9.17) is 0 Å². The highest BCUT2D eigenvalue weighted by atomic mass is 16.1. The van der Waals surface area contributed by atoms with Crippen molar-refractivity contribution in [1.82, 2.24) is 9.97 Å². The third-order valence-corrected chi connectivity index (χ3v) is 5.04. The van der Waals surface area contributed by atoms with Crippen LogP contribution in [0.4, 0.5) is 11.6 Å². The number of benzene rings is 2. The molecule has 0 saturated carbocycles. The summed E-state index contributed by atoms with van der Waals surface area (Å²) < 4.78 is 0. The monoisotopic (exact) mass is 372 g/mol. The van der Waals surface area contributed by atoms with E-state index in [2.05, 4.69) is 20.2 Å². The summed E-state index contributed by atoms with van der Waals surface area (Å²) in [6.45, 7) is 4.07. The van der Waals surface area contributed by atoms with E-state index in [1.807, 2.05) is 67.8 Å².